The zero-order valence-corrected chi connectivity index (χ0v) is 10.3. The Hall–Kier alpha value is -1.98. The van der Waals surface area contributed by atoms with Gasteiger partial charge in [0, 0.05) is 19.0 Å². The van der Waals surface area contributed by atoms with E-state index in [2.05, 4.69) is 0 Å². The van der Waals surface area contributed by atoms with E-state index in [1.807, 2.05) is 0 Å². The lowest BCUT2D eigenvalue weighted by Crippen LogP contribution is -2.39. The van der Waals surface area contributed by atoms with Crippen molar-refractivity contribution in [2.24, 2.45) is 0 Å². The molecule has 1 atom stereocenters. The molecule has 1 aromatic rings. The maximum Gasteiger partial charge on any atom is 0.331 e. The number of hydrogen-bond acceptors (Lipinski definition) is 2. The zero-order valence-electron chi connectivity index (χ0n) is 10.3. The average Bonchev–Trinajstić information content (AvgIpc) is 3.06. The van der Waals surface area contributed by atoms with E-state index in [9.17, 15) is 23.5 Å². The Balaban J connectivity index is 2.43. The molecule has 4 nitrogen and oxygen atoms in total. The molecule has 0 heterocycles. The third-order valence-electron chi connectivity index (χ3n) is 3.02. The number of carbonyl (C=O) groups excluding carboxylic acids is 1. The van der Waals surface area contributed by atoms with Crippen LogP contribution in [0.15, 0.2) is 18.2 Å². The molecule has 0 aliphatic heterocycles. The quantitative estimate of drug-likeness (QED) is 0.910. The summed E-state index contributed by atoms with van der Waals surface area (Å²) < 4.78 is 26.4. The van der Waals surface area contributed by atoms with E-state index in [4.69, 9.17) is 0 Å². The van der Waals surface area contributed by atoms with Crippen LogP contribution in [0.5, 0.6) is 0 Å². The number of halogens is 2. The predicted octanol–water partition coefficient (Wildman–Crippen LogP) is 2.10. The molecule has 0 radical (unpaired) electrons. The number of hydrogen-bond donors (Lipinski definition) is 1. The molecular formula is C13H13F2NO3. The van der Waals surface area contributed by atoms with E-state index in [0.717, 1.165) is 12.1 Å². The Bertz CT molecular complexity index is 508. The summed E-state index contributed by atoms with van der Waals surface area (Å²) in [5, 5.41) is 9.27. The van der Waals surface area contributed by atoms with E-state index in [-0.39, 0.29) is 11.6 Å². The number of carbonyl (C=O) groups is 2. The van der Waals surface area contributed by atoms with Crippen molar-refractivity contribution >= 4 is 11.9 Å². The van der Waals surface area contributed by atoms with Gasteiger partial charge in [0.05, 0.1) is 0 Å². The Morgan fingerprint density at radius 1 is 1.26 bits per heavy atom. The van der Waals surface area contributed by atoms with Crippen LogP contribution >= 0.6 is 0 Å². The van der Waals surface area contributed by atoms with Crippen molar-refractivity contribution in [2.45, 2.75) is 31.8 Å². The molecule has 0 bridgehead atoms. The summed E-state index contributed by atoms with van der Waals surface area (Å²) in [6.45, 7) is 1.25. The minimum atomic E-state index is -1.35. The smallest absolute Gasteiger partial charge is 0.331 e. The predicted molar refractivity (Wildman–Crippen MR) is 62.3 cm³/mol. The lowest BCUT2D eigenvalue weighted by Gasteiger charge is -2.28. The summed E-state index contributed by atoms with van der Waals surface area (Å²) in [4.78, 5) is 24.1. The standard InChI is InChI=1S/C13H13F2NO3/c1-7(17)16(11-2-3-11)12(13(18)19)8-4-9(14)6-10(15)5-8/h4-6,11-12H,2-3H2,1H3,(H,18,19). The minimum absolute atomic E-state index is 0.0629. The van der Waals surface area contributed by atoms with Crippen molar-refractivity contribution in [1.82, 2.24) is 4.90 Å². The maximum atomic E-state index is 13.2. The van der Waals surface area contributed by atoms with E-state index < -0.39 is 29.6 Å². The van der Waals surface area contributed by atoms with E-state index in [1.165, 1.54) is 11.8 Å². The SMILES string of the molecule is CC(=O)N(C1CC1)C(C(=O)O)c1cc(F)cc(F)c1. The van der Waals surface area contributed by atoms with Crippen LogP contribution < -0.4 is 0 Å². The summed E-state index contributed by atoms with van der Waals surface area (Å²) in [6.07, 6.45) is 1.42. The maximum absolute atomic E-state index is 13.2. The Kier molecular flexibility index (Phi) is 3.50. The van der Waals surface area contributed by atoms with Gasteiger partial charge >= 0.3 is 5.97 Å². The molecule has 0 saturated heterocycles. The highest BCUT2D eigenvalue weighted by Gasteiger charge is 2.40. The fourth-order valence-corrected chi connectivity index (χ4v) is 2.16. The molecule has 1 saturated carbocycles. The lowest BCUT2D eigenvalue weighted by atomic mass is 10.0. The highest BCUT2D eigenvalue weighted by molar-refractivity contribution is 5.84. The van der Waals surface area contributed by atoms with Crippen LogP contribution in [0.4, 0.5) is 8.78 Å². The van der Waals surface area contributed by atoms with E-state index in [0.29, 0.717) is 18.9 Å². The van der Waals surface area contributed by atoms with E-state index in [1.54, 1.807) is 0 Å². The fourth-order valence-electron chi connectivity index (χ4n) is 2.16. The van der Waals surface area contributed by atoms with Crippen LogP contribution in [0.1, 0.15) is 31.4 Å². The summed E-state index contributed by atoms with van der Waals surface area (Å²) in [5.41, 5.74) is -0.0629. The van der Waals surface area contributed by atoms with Crippen molar-refractivity contribution in [3.8, 4) is 0 Å². The second-order valence-electron chi connectivity index (χ2n) is 4.60. The largest absolute Gasteiger partial charge is 0.479 e. The lowest BCUT2D eigenvalue weighted by molar-refractivity contribution is -0.150. The van der Waals surface area contributed by atoms with Crippen molar-refractivity contribution in [1.29, 1.82) is 0 Å². The van der Waals surface area contributed by atoms with Gasteiger partial charge in [0.25, 0.3) is 0 Å². The van der Waals surface area contributed by atoms with Gasteiger partial charge in [-0.1, -0.05) is 0 Å². The summed E-state index contributed by atoms with van der Waals surface area (Å²) in [7, 11) is 0. The number of benzene rings is 1. The van der Waals surface area contributed by atoms with Gasteiger partial charge in [-0.3, -0.25) is 4.79 Å². The van der Waals surface area contributed by atoms with Crippen molar-refractivity contribution < 1.29 is 23.5 Å². The van der Waals surface area contributed by atoms with Crippen LogP contribution in [0.2, 0.25) is 0 Å². The Morgan fingerprint density at radius 2 is 1.79 bits per heavy atom. The first-order chi connectivity index (χ1) is 8.90. The molecule has 102 valence electrons. The third-order valence-corrected chi connectivity index (χ3v) is 3.02. The second-order valence-corrected chi connectivity index (χ2v) is 4.60. The van der Waals surface area contributed by atoms with Gasteiger partial charge in [0.1, 0.15) is 11.6 Å². The number of carboxylic acids is 1. The molecule has 1 fully saturated rings. The van der Waals surface area contributed by atoms with Crippen LogP contribution in [-0.2, 0) is 9.59 Å². The van der Waals surface area contributed by atoms with Crippen LogP contribution in [-0.4, -0.2) is 27.9 Å². The van der Waals surface area contributed by atoms with Gasteiger partial charge in [-0.05, 0) is 30.5 Å². The first-order valence-corrected chi connectivity index (χ1v) is 5.88. The molecule has 1 unspecified atom stereocenters. The first kappa shape index (κ1) is 13.5. The minimum Gasteiger partial charge on any atom is -0.479 e. The van der Waals surface area contributed by atoms with Crippen LogP contribution in [0.3, 0.4) is 0 Å². The number of carboxylic acid groups (broad SMARTS) is 1. The second kappa shape index (κ2) is 4.95. The summed E-state index contributed by atoms with van der Waals surface area (Å²) in [5.74, 6) is -3.44. The summed E-state index contributed by atoms with van der Waals surface area (Å²) in [6, 6.07) is 1.04. The van der Waals surface area contributed by atoms with Gasteiger partial charge in [-0.15, -0.1) is 0 Å². The number of nitrogens with zero attached hydrogens (tertiary/aromatic N) is 1. The van der Waals surface area contributed by atoms with Gasteiger partial charge in [0.2, 0.25) is 5.91 Å². The summed E-state index contributed by atoms with van der Waals surface area (Å²) >= 11 is 0. The Morgan fingerprint density at radius 3 is 2.16 bits per heavy atom. The normalized spacial score (nSPS) is 15.9. The monoisotopic (exact) mass is 269 g/mol. The highest BCUT2D eigenvalue weighted by Crippen LogP contribution is 2.35. The molecule has 0 aromatic heterocycles. The molecule has 0 spiro atoms. The number of rotatable bonds is 4. The molecule has 1 aromatic carbocycles. The van der Waals surface area contributed by atoms with Gasteiger partial charge in [-0.25, -0.2) is 13.6 Å². The molecule has 19 heavy (non-hydrogen) atoms. The molecule has 1 aliphatic rings. The van der Waals surface area contributed by atoms with Crippen LogP contribution in [0, 0.1) is 11.6 Å². The molecule has 6 heteroatoms. The third kappa shape index (κ3) is 2.89. The van der Waals surface area contributed by atoms with Gasteiger partial charge < -0.3 is 10.0 Å². The Labute approximate surface area is 108 Å². The highest BCUT2D eigenvalue weighted by atomic mass is 19.1. The molecule has 2 rings (SSSR count). The zero-order chi connectivity index (χ0) is 14.2. The molecular weight excluding hydrogens is 256 g/mol. The molecule has 1 N–H and O–H groups in total. The topological polar surface area (TPSA) is 57.6 Å². The average molecular weight is 269 g/mol. The van der Waals surface area contributed by atoms with Crippen molar-refractivity contribution in [2.75, 3.05) is 0 Å². The van der Waals surface area contributed by atoms with Crippen LogP contribution in [0.25, 0.3) is 0 Å². The molecule has 1 amide bonds. The number of amides is 1. The van der Waals surface area contributed by atoms with Gasteiger partial charge in [0.15, 0.2) is 6.04 Å². The van der Waals surface area contributed by atoms with E-state index >= 15 is 0 Å². The van der Waals surface area contributed by atoms with Crippen molar-refractivity contribution in [3.63, 3.8) is 0 Å². The fraction of sp³-hybridized carbons (Fsp3) is 0.385. The molecule has 1 aliphatic carbocycles. The van der Waals surface area contributed by atoms with Gasteiger partial charge in [-0.2, -0.15) is 0 Å². The first-order valence-electron chi connectivity index (χ1n) is 5.88. The number of aliphatic carboxylic acids is 1. The van der Waals surface area contributed by atoms with Crippen molar-refractivity contribution in [3.05, 3.63) is 35.4 Å².